The van der Waals surface area contributed by atoms with E-state index in [1.165, 1.54) is 0 Å². The lowest BCUT2D eigenvalue weighted by atomic mass is 10.2. The number of hydrogen-bond donors (Lipinski definition) is 0. The Balaban J connectivity index is 1.66. The van der Waals surface area contributed by atoms with Crippen LogP contribution in [0.5, 0.6) is 5.75 Å². The summed E-state index contributed by atoms with van der Waals surface area (Å²) in [5, 5.41) is 4.87. The Labute approximate surface area is 178 Å². The van der Waals surface area contributed by atoms with Crippen molar-refractivity contribution in [2.24, 2.45) is 0 Å². The zero-order chi connectivity index (χ0) is 19.8. The fourth-order valence-corrected chi connectivity index (χ4v) is 3.59. The topological polar surface area (TPSA) is 67.6 Å². The van der Waals surface area contributed by atoms with Gasteiger partial charge in [-0.1, -0.05) is 23.7 Å². The molecular weight excluding hydrogens is 450 g/mol. The van der Waals surface area contributed by atoms with Gasteiger partial charge in [0.25, 0.3) is 0 Å². The van der Waals surface area contributed by atoms with Crippen molar-refractivity contribution in [2.45, 2.75) is 51.2 Å². The van der Waals surface area contributed by atoms with Gasteiger partial charge in [0.2, 0.25) is 4.73 Å². The Hall–Kier alpha value is -1.19. The number of methoxy groups -OCH3 is 1. The van der Waals surface area contributed by atoms with Crippen LogP contribution < -0.4 is 4.74 Å². The van der Waals surface area contributed by atoms with Crippen LogP contribution in [0, 0.1) is 0 Å². The SMILES string of the molecule is COCn1nc(Br)nc1C(CCCOC1CCCCO1)Oc1ccccc1Cl. The lowest BCUT2D eigenvalue weighted by Gasteiger charge is -2.23. The summed E-state index contributed by atoms with van der Waals surface area (Å²) in [6.45, 7) is 1.65. The molecule has 2 unspecified atom stereocenters. The van der Waals surface area contributed by atoms with Gasteiger partial charge in [-0.25, -0.2) is 9.67 Å². The van der Waals surface area contributed by atoms with E-state index in [0.29, 0.717) is 34.4 Å². The lowest BCUT2D eigenvalue weighted by Crippen LogP contribution is -2.23. The molecule has 1 saturated heterocycles. The van der Waals surface area contributed by atoms with E-state index in [9.17, 15) is 0 Å². The van der Waals surface area contributed by atoms with Crippen LogP contribution >= 0.6 is 27.5 Å². The third-order valence-electron chi connectivity index (χ3n) is 4.37. The van der Waals surface area contributed by atoms with Crippen molar-refractivity contribution < 1.29 is 18.9 Å². The number of para-hydroxylation sites is 1. The van der Waals surface area contributed by atoms with Crippen LogP contribution in [0.3, 0.4) is 0 Å². The molecule has 0 amide bonds. The molecule has 1 aromatic heterocycles. The number of rotatable bonds is 10. The van der Waals surface area contributed by atoms with Gasteiger partial charge in [-0.05, 0) is 60.2 Å². The number of ether oxygens (including phenoxy) is 4. The Morgan fingerprint density at radius 3 is 2.96 bits per heavy atom. The maximum Gasteiger partial charge on any atom is 0.217 e. The average Bonchev–Trinajstić information content (AvgIpc) is 3.07. The van der Waals surface area contributed by atoms with Crippen molar-refractivity contribution in [2.75, 3.05) is 20.3 Å². The van der Waals surface area contributed by atoms with E-state index in [1.807, 2.05) is 18.2 Å². The summed E-state index contributed by atoms with van der Waals surface area (Å²) in [6, 6.07) is 7.39. The zero-order valence-corrected chi connectivity index (χ0v) is 18.2. The van der Waals surface area contributed by atoms with E-state index in [2.05, 4.69) is 26.0 Å². The monoisotopic (exact) mass is 473 g/mol. The second-order valence-corrected chi connectivity index (χ2v) is 7.62. The maximum absolute atomic E-state index is 6.28. The summed E-state index contributed by atoms with van der Waals surface area (Å²) in [5.74, 6) is 1.27. The van der Waals surface area contributed by atoms with Crippen molar-refractivity contribution in [1.82, 2.24) is 14.8 Å². The molecule has 0 aliphatic carbocycles. The summed E-state index contributed by atoms with van der Waals surface area (Å²) in [5.41, 5.74) is 0. The lowest BCUT2D eigenvalue weighted by molar-refractivity contribution is -0.163. The summed E-state index contributed by atoms with van der Waals surface area (Å²) in [6.07, 6.45) is 4.25. The Kier molecular flexibility index (Phi) is 8.54. The molecule has 0 N–H and O–H groups in total. The number of hydrogen-bond acceptors (Lipinski definition) is 6. The van der Waals surface area contributed by atoms with Crippen molar-refractivity contribution in [3.63, 3.8) is 0 Å². The quantitative estimate of drug-likeness (QED) is 0.463. The third-order valence-corrected chi connectivity index (χ3v) is 5.02. The Morgan fingerprint density at radius 1 is 1.36 bits per heavy atom. The zero-order valence-electron chi connectivity index (χ0n) is 15.9. The largest absolute Gasteiger partial charge is 0.481 e. The standard InChI is InChI=1S/C19H25BrClN3O4/c1-25-13-24-18(22-19(20)23-24)16(28-15-8-3-2-7-14(15)21)9-6-12-27-17-10-4-5-11-26-17/h2-3,7-8,16-17H,4-6,9-13H2,1H3. The van der Waals surface area contributed by atoms with Gasteiger partial charge in [0.05, 0.1) is 5.02 Å². The van der Waals surface area contributed by atoms with Crippen LogP contribution in [0.15, 0.2) is 29.0 Å². The molecule has 1 aromatic carbocycles. The van der Waals surface area contributed by atoms with Crippen molar-refractivity contribution in [1.29, 1.82) is 0 Å². The average molecular weight is 475 g/mol. The van der Waals surface area contributed by atoms with Crippen LogP contribution in [0.2, 0.25) is 5.02 Å². The third kappa shape index (κ3) is 6.15. The van der Waals surface area contributed by atoms with Crippen molar-refractivity contribution in [3.05, 3.63) is 39.8 Å². The minimum Gasteiger partial charge on any atom is -0.481 e. The van der Waals surface area contributed by atoms with E-state index in [1.54, 1.807) is 17.9 Å². The van der Waals surface area contributed by atoms with Crippen LogP contribution in [-0.4, -0.2) is 41.4 Å². The summed E-state index contributed by atoms with van der Waals surface area (Å²) in [7, 11) is 1.61. The minimum absolute atomic E-state index is 0.0945. The van der Waals surface area contributed by atoms with E-state index < -0.39 is 0 Å². The molecule has 0 bridgehead atoms. The molecule has 28 heavy (non-hydrogen) atoms. The molecule has 0 spiro atoms. The molecule has 1 aliphatic heterocycles. The molecule has 9 heteroatoms. The van der Waals surface area contributed by atoms with Crippen LogP contribution in [-0.2, 0) is 20.9 Å². The number of halogens is 2. The van der Waals surface area contributed by atoms with Gasteiger partial charge in [-0.3, -0.25) is 0 Å². The Bertz CT molecular complexity index is 740. The van der Waals surface area contributed by atoms with E-state index >= 15 is 0 Å². The molecule has 2 aromatic rings. The van der Waals surface area contributed by atoms with Gasteiger partial charge in [0, 0.05) is 20.3 Å². The molecule has 154 valence electrons. The first-order chi connectivity index (χ1) is 13.7. The fraction of sp³-hybridized carbons (Fsp3) is 0.579. The predicted octanol–water partition coefficient (Wildman–Crippen LogP) is 4.74. The second-order valence-electron chi connectivity index (χ2n) is 6.50. The summed E-state index contributed by atoms with van der Waals surface area (Å²) < 4.78 is 25.1. The second kappa shape index (κ2) is 11.1. The van der Waals surface area contributed by atoms with Gasteiger partial charge < -0.3 is 18.9 Å². The Morgan fingerprint density at radius 2 is 2.21 bits per heavy atom. The number of nitrogens with zero attached hydrogens (tertiary/aromatic N) is 3. The number of aromatic nitrogens is 3. The van der Waals surface area contributed by atoms with Crippen molar-refractivity contribution >= 4 is 27.5 Å². The van der Waals surface area contributed by atoms with Crippen molar-refractivity contribution in [3.8, 4) is 5.75 Å². The molecule has 3 rings (SSSR count). The number of benzene rings is 1. The highest BCUT2D eigenvalue weighted by Crippen LogP contribution is 2.31. The minimum atomic E-state index is -0.343. The predicted molar refractivity (Wildman–Crippen MR) is 108 cm³/mol. The van der Waals surface area contributed by atoms with Crippen LogP contribution in [0.25, 0.3) is 0 Å². The van der Waals surface area contributed by atoms with Gasteiger partial charge in [0.15, 0.2) is 18.2 Å². The molecule has 2 heterocycles. The van der Waals surface area contributed by atoms with E-state index in [4.69, 9.17) is 30.5 Å². The highest BCUT2D eigenvalue weighted by molar-refractivity contribution is 9.10. The van der Waals surface area contributed by atoms with E-state index in [-0.39, 0.29) is 19.1 Å². The first kappa shape index (κ1) is 21.5. The molecule has 1 fully saturated rings. The van der Waals surface area contributed by atoms with Crippen LogP contribution in [0.4, 0.5) is 0 Å². The summed E-state index contributed by atoms with van der Waals surface area (Å²) >= 11 is 9.62. The van der Waals surface area contributed by atoms with Gasteiger partial charge in [0.1, 0.15) is 12.5 Å². The highest BCUT2D eigenvalue weighted by atomic mass is 79.9. The molecule has 0 radical (unpaired) electrons. The summed E-state index contributed by atoms with van der Waals surface area (Å²) in [4.78, 5) is 4.48. The fourth-order valence-electron chi connectivity index (χ4n) is 3.04. The van der Waals surface area contributed by atoms with E-state index in [0.717, 1.165) is 32.3 Å². The molecule has 2 atom stereocenters. The van der Waals surface area contributed by atoms with Gasteiger partial charge in [-0.2, -0.15) is 0 Å². The first-order valence-corrected chi connectivity index (χ1v) is 10.6. The highest BCUT2D eigenvalue weighted by Gasteiger charge is 2.23. The van der Waals surface area contributed by atoms with Gasteiger partial charge >= 0.3 is 0 Å². The van der Waals surface area contributed by atoms with Gasteiger partial charge in [-0.15, -0.1) is 5.10 Å². The molecule has 1 aliphatic rings. The molecular formula is C19H25BrClN3O4. The maximum atomic E-state index is 6.28. The molecule has 7 nitrogen and oxygen atoms in total. The normalized spacial score (nSPS) is 18.2. The smallest absolute Gasteiger partial charge is 0.217 e. The first-order valence-electron chi connectivity index (χ1n) is 9.41. The molecule has 0 saturated carbocycles. The van der Waals surface area contributed by atoms with Crippen LogP contribution in [0.1, 0.15) is 44.0 Å².